The van der Waals surface area contributed by atoms with E-state index in [1.165, 1.54) is 45.3 Å². The molecule has 2 atom stereocenters. The van der Waals surface area contributed by atoms with Gasteiger partial charge in [0.1, 0.15) is 0 Å². The number of piperidine rings is 1. The van der Waals surface area contributed by atoms with E-state index in [0.717, 1.165) is 25.0 Å². The predicted molar refractivity (Wildman–Crippen MR) is 71.2 cm³/mol. The highest BCUT2D eigenvalue weighted by atomic mass is 16.5. The summed E-state index contributed by atoms with van der Waals surface area (Å²) >= 11 is 0. The number of ether oxygens (including phenoxy) is 1. The highest BCUT2D eigenvalue weighted by molar-refractivity contribution is 4.80. The van der Waals surface area contributed by atoms with Crippen LogP contribution in [0, 0.1) is 11.8 Å². The van der Waals surface area contributed by atoms with Crippen molar-refractivity contribution in [2.75, 3.05) is 39.9 Å². The van der Waals surface area contributed by atoms with E-state index in [-0.39, 0.29) is 0 Å². The molecule has 3 nitrogen and oxygen atoms in total. The normalized spacial score (nSPS) is 30.4. The minimum atomic E-state index is 0.667. The molecule has 0 aromatic rings. The van der Waals surface area contributed by atoms with Gasteiger partial charge in [-0.15, -0.1) is 0 Å². The number of hydrogen-bond donors (Lipinski definition) is 1. The fourth-order valence-corrected chi connectivity index (χ4v) is 3.08. The van der Waals surface area contributed by atoms with Gasteiger partial charge in [0.05, 0.1) is 0 Å². The van der Waals surface area contributed by atoms with E-state index in [0.29, 0.717) is 6.04 Å². The highest BCUT2D eigenvalue weighted by Crippen LogP contribution is 2.19. The molecule has 0 aliphatic carbocycles. The molecule has 2 fully saturated rings. The molecule has 2 aliphatic rings. The van der Waals surface area contributed by atoms with Gasteiger partial charge < -0.3 is 15.0 Å². The Morgan fingerprint density at radius 2 is 2.06 bits per heavy atom. The standard InChI is InChI=1S/C14H28N2O/c1-12(14-4-3-7-16(2)11-14)15-10-13-5-8-17-9-6-13/h12-15H,3-11H2,1-2H3. The Morgan fingerprint density at radius 1 is 1.29 bits per heavy atom. The van der Waals surface area contributed by atoms with E-state index in [4.69, 9.17) is 4.74 Å². The summed E-state index contributed by atoms with van der Waals surface area (Å²) in [5.74, 6) is 1.68. The van der Waals surface area contributed by atoms with Crippen LogP contribution in [-0.2, 0) is 4.74 Å². The minimum absolute atomic E-state index is 0.667. The van der Waals surface area contributed by atoms with Crippen molar-refractivity contribution in [3.8, 4) is 0 Å². The van der Waals surface area contributed by atoms with Crippen molar-refractivity contribution in [3.63, 3.8) is 0 Å². The summed E-state index contributed by atoms with van der Waals surface area (Å²) in [6.07, 6.45) is 5.24. The van der Waals surface area contributed by atoms with Gasteiger partial charge in [0.2, 0.25) is 0 Å². The first-order chi connectivity index (χ1) is 8.25. The third-order valence-corrected chi connectivity index (χ3v) is 4.44. The van der Waals surface area contributed by atoms with Crippen LogP contribution in [0.3, 0.4) is 0 Å². The third kappa shape index (κ3) is 4.23. The molecule has 0 saturated carbocycles. The van der Waals surface area contributed by atoms with Crippen LogP contribution in [0.15, 0.2) is 0 Å². The maximum absolute atomic E-state index is 5.40. The SMILES string of the molecule is CC(NCC1CCOCC1)C1CCCN(C)C1. The van der Waals surface area contributed by atoms with E-state index in [9.17, 15) is 0 Å². The minimum Gasteiger partial charge on any atom is -0.381 e. The van der Waals surface area contributed by atoms with Crippen LogP contribution in [0.5, 0.6) is 0 Å². The molecule has 0 aromatic heterocycles. The van der Waals surface area contributed by atoms with E-state index in [1.54, 1.807) is 0 Å². The number of rotatable bonds is 4. The Hall–Kier alpha value is -0.120. The van der Waals surface area contributed by atoms with E-state index in [1.807, 2.05) is 0 Å². The van der Waals surface area contributed by atoms with Crippen LogP contribution >= 0.6 is 0 Å². The average molecular weight is 240 g/mol. The maximum atomic E-state index is 5.40. The van der Waals surface area contributed by atoms with Gasteiger partial charge in [0.15, 0.2) is 0 Å². The Labute approximate surface area is 106 Å². The first-order valence-corrected chi connectivity index (χ1v) is 7.25. The van der Waals surface area contributed by atoms with Crippen molar-refractivity contribution in [1.82, 2.24) is 10.2 Å². The molecule has 17 heavy (non-hydrogen) atoms. The molecular weight excluding hydrogens is 212 g/mol. The van der Waals surface area contributed by atoms with Crippen LogP contribution in [0.1, 0.15) is 32.6 Å². The van der Waals surface area contributed by atoms with Gasteiger partial charge in [-0.05, 0) is 64.6 Å². The zero-order valence-electron chi connectivity index (χ0n) is 11.5. The molecule has 1 N–H and O–H groups in total. The lowest BCUT2D eigenvalue weighted by molar-refractivity contribution is 0.0640. The topological polar surface area (TPSA) is 24.5 Å². The van der Waals surface area contributed by atoms with Crippen LogP contribution in [-0.4, -0.2) is 50.8 Å². The van der Waals surface area contributed by atoms with Crippen LogP contribution in [0.2, 0.25) is 0 Å². The lowest BCUT2D eigenvalue weighted by Crippen LogP contribution is -2.44. The average Bonchev–Trinajstić information content (AvgIpc) is 2.37. The van der Waals surface area contributed by atoms with Gasteiger partial charge in [-0.25, -0.2) is 0 Å². The van der Waals surface area contributed by atoms with Gasteiger partial charge in [0, 0.05) is 25.8 Å². The quantitative estimate of drug-likeness (QED) is 0.810. The molecule has 0 amide bonds. The van der Waals surface area contributed by atoms with Crippen molar-refractivity contribution in [2.24, 2.45) is 11.8 Å². The Balaban J connectivity index is 1.67. The van der Waals surface area contributed by atoms with Gasteiger partial charge >= 0.3 is 0 Å². The summed E-state index contributed by atoms with van der Waals surface area (Å²) in [6, 6.07) is 0.667. The van der Waals surface area contributed by atoms with Crippen molar-refractivity contribution in [3.05, 3.63) is 0 Å². The third-order valence-electron chi connectivity index (χ3n) is 4.44. The first kappa shape index (κ1) is 13.3. The Morgan fingerprint density at radius 3 is 2.76 bits per heavy atom. The van der Waals surface area contributed by atoms with E-state index < -0.39 is 0 Å². The molecule has 2 unspecified atom stereocenters. The van der Waals surface area contributed by atoms with E-state index in [2.05, 4.69) is 24.2 Å². The van der Waals surface area contributed by atoms with E-state index >= 15 is 0 Å². The number of nitrogens with one attached hydrogen (secondary N) is 1. The van der Waals surface area contributed by atoms with Gasteiger partial charge in [0.25, 0.3) is 0 Å². The van der Waals surface area contributed by atoms with Crippen molar-refractivity contribution in [1.29, 1.82) is 0 Å². The molecule has 0 spiro atoms. The predicted octanol–water partition coefficient (Wildman–Crippen LogP) is 1.73. The molecule has 0 aromatic carbocycles. The summed E-state index contributed by atoms with van der Waals surface area (Å²) in [5.41, 5.74) is 0. The molecule has 0 bridgehead atoms. The number of likely N-dealkylation sites (tertiary alicyclic amines) is 1. The van der Waals surface area contributed by atoms with Crippen LogP contribution in [0.25, 0.3) is 0 Å². The van der Waals surface area contributed by atoms with Gasteiger partial charge in [-0.3, -0.25) is 0 Å². The number of nitrogens with zero attached hydrogens (tertiary/aromatic N) is 1. The summed E-state index contributed by atoms with van der Waals surface area (Å²) in [4.78, 5) is 2.47. The zero-order chi connectivity index (χ0) is 12.1. The number of hydrogen-bond acceptors (Lipinski definition) is 3. The molecule has 2 aliphatic heterocycles. The van der Waals surface area contributed by atoms with Crippen molar-refractivity contribution in [2.45, 2.75) is 38.6 Å². The molecule has 2 saturated heterocycles. The molecule has 2 heterocycles. The second kappa shape index (κ2) is 6.72. The fourth-order valence-electron chi connectivity index (χ4n) is 3.08. The zero-order valence-corrected chi connectivity index (χ0v) is 11.5. The second-order valence-electron chi connectivity index (χ2n) is 5.92. The monoisotopic (exact) mass is 240 g/mol. The largest absolute Gasteiger partial charge is 0.381 e. The summed E-state index contributed by atoms with van der Waals surface area (Å²) in [5, 5.41) is 3.76. The molecule has 0 radical (unpaired) electrons. The Kier molecular flexibility index (Phi) is 5.26. The molecule has 100 valence electrons. The smallest absolute Gasteiger partial charge is 0.0469 e. The van der Waals surface area contributed by atoms with Gasteiger partial charge in [-0.1, -0.05) is 0 Å². The maximum Gasteiger partial charge on any atom is 0.0469 e. The molecule has 2 rings (SSSR count). The Bertz CT molecular complexity index is 216. The first-order valence-electron chi connectivity index (χ1n) is 7.25. The van der Waals surface area contributed by atoms with Crippen LogP contribution < -0.4 is 5.32 Å². The fraction of sp³-hybridized carbons (Fsp3) is 1.00. The van der Waals surface area contributed by atoms with Gasteiger partial charge in [-0.2, -0.15) is 0 Å². The second-order valence-corrected chi connectivity index (χ2v) is 5.92. The molecule has 3 heteroatoms. The van der Waals surface area contributed by atoms with Crippen molar-refractivity contribution < 1.29 is 4.74 Å². The summed E-state index contributed by atoms with van der Waals surface area (Å²) in [7, 11) is 2.25. The summed E-state index contributed by atoms with van der Waals surface area (Å²) < 4.78 is 5.40. The lowest BCUT2D eigenvalue weighted by Gasteiger charge is -2.35. The summed E-state index contributed by atoms with van der Waals surface area (Å²) in [6.45, 7) is 8.03. The van der Waals surface area contributed by atoms with Crippen molar-refractivity contribution >= 4 is 0 Å². The van der Waals surface area contributed by atoms with Crippen LogP contribution in [0.4, 0.5) is 0 Å². The molecular formula is C14H28N2O. The lowest BCUT2D eigenvalue weighted by atomic mass is 9.91. The highest BCUT2D eigenvalue weighted by Gasteiger charge is 2.23.